The third kappa shape index (κ3) is 4.47. The number of methoxy groups -OCH3 is 1. The molecule has 106 valence electrons. The Morgan fingerprint density at radius 1 is 1.63 bits per heavy atom. The van der Waals surface area contributed by atoms with Gasteiger partial charge in [-0.25, -0.2) is 9.97 Å². The van der Waals surface area contributed by atoms with Crippen LogP contribution in [0, 0.1) is 6.92 Å². The first-order valence-corrected chi connectivity index (χ1v) is 7.03. The van der Waals surface area contributed by atoms with Crippen molar-refractivity contribution in [3.05, 3.63) is 18.0 Å². The van der Waals surface area contributed by atoms with Crippen LogP contribution in [0.2, 0.25) is 0 Å². The Hall–Kier alpha value is -1.14. The highest BCUT2D eigenvalue weighted by Gasteiger charge is 2.34. The second-order valence-electron chi connectivity index (χ2n) is 4.69. The maximum Gasteiger partial charge on any atom is 0.325 e. The molecule has 0 aromatic carbocycles. The maximum absolute atomic E-state index is 11.8. The second-order valence-corrected chi connectivity index (χ2v) is 6.09. The molecule has 0 spiro atoms. The number of likely N-dealkylation sites (N-methyl/N-ethyl adjacent to an activating group) is 1. The summed E-state index contributed by atoms with van der Waals surface area (Å²) in [6.07, 6.45) is 2.38. The lowest BCUT2D eigenvalue weighted by Crippen LogP contribution is -2.49. The molecular formula is C13H21N3O2S. The zero-order valence-electron chi connectivity index (χ0n) is 12.1. The van der Waals surface area contributed by atoms with Crippen LogP contribution in [0.5, 0.6) is 0 Å². The average Bonchev–Trinajstić information content (AvgIpc) is 2.37. The third-order valence-corrected chi connectivity index (χ3v) is 3.94. The predicted molar refractivity (Wildman–Crippen MR) is 76.2 cm³/mol. The van der Waals surface area contributed by atoms with Crippen molar-refractivity contribution in [3.8, 4) is 0 Å². The van der Waals surface area contributed by atoms with Gasteiger partial charge in [0.25, 0.3) is 0 Å². The number of aryl methyl sites for hydroxylation is 1. The smallest absolute Gasteiger partial charge is 0.325 e. The minimum absolute atomic E-state index is 0.193. The van der Waals surface area contributed by atoms with E-state index in [0.717, 1.165) is 10.9 Å². The third-order valence-electron chi connectivity index (χ3n) is 2.96. The number of hydrogen-bond acceptors (Lipinski definition) is 6. The number of nitrogens with one attached hydrogen (secondary N) is 1. The second kappa shape index (κ2) is 6.86. The van der Waals surface area contributed by atoms with Crippen molar-refractivity contribution in [3.63, 3.8) is 0 Å². The molecule has 2 atom stereocenters. The summed E-state index contributed by atoms with van der Waals surface area (Å²) in [5, 5.41) is 3.95. The van der Waals surface area contributed by atoms with Gasteiger partial charge in [-0.2, -0.15) is 0 Å². The van der Waals surface area contributed by atoms with E-state index in [-0.39, 0.29) is 11.2 Å². The van der Waals surface area contributed by atoms with E-state index >= 15 is 0 Å². The monoisotopic (exact) mass is 283 g/mol. The lowest BCUT2D eigenvalue weighted by molar-refractivity contribution is -0.147. The van der Waals surface area contributed by atoms with Crippen molar-refractivity contribution in [1.29, 1.82) is 0 Å². The Bertz CT molecular complexity index is 442. The Kier molecular flexibility index (Phi) is 5.75. The summed E-state index contributed by atoms with van der Waals surface area (Å²) >= 11 is 1.56. The van der Waals surface area contributed by atoms with E-state index in [2.05, 4.69) is 22.2 Å². The van der Waals surface area contributed by atoms with Gasteiger partial charge in [0, 0.05) is 17.1 Å². The number of hydrogen-bond donors (Lipinski definition) is 1. The lowest BCUT2D eigenvalue weighted by Gasteiger charge is -2.28. The van der Waals surface area contributed by atoms with Gasteiger partial charge in [0.1, 0.15) is 5.54 Å². The molecule has 1 aromatic rings. The fraction of sp³-hybridized carbons (Fsp3) is 0.615. The number of esters is 1. The van der Waals surface area contributed by atoms with Crippen molar-refractivity contribution < 1.29 is 9.53 Å². The van der Waals surface area contributed by atoms with Gasteiger partial charge in [0.15, 0.2) is 5.16 Å². The summed E-state index contributed by atoms with van der Waals surface area (Å²) in [5.41, 5.74) is 0.249. The number of carbonyl (C=O) groups is 1. The van der Waals surface area contributed by atoms with Crippen molar-refractivity contribution in [2.24, 2.45) is 0 Å². The molecule has 19 heavy (non-hydrogen) atoms. The normalized spacial score (nSPS) is 15.6. The molecule has 0 saturated heterocycles. The molecule has 1 N–H and O–H groups in total. The summed E-state index contributed by atoms with van der Waals surface area (Å²) < 4.78 is 4.83. The van der Waals surface area contributed by atoms with Gasteiger partial charge in [-0.15, -0.1) is 0 Å². The number of rotatable bonds is 6. The van der Waals surface area contributed by atoms with E-state index in [9.17, 15) is 4.79 Å². The van der Waals surface area contributed by atoms with Crippen molar-refractivity contribution >= 4 is 17.7 Å². The molecule has 0 amide bonds. The number of ether oxygens (including phenoxy) is 1. The van der Waals surface area contributed by atoms with Gasteiger partial charge >= 0.3 is 5.97 Å². The molecule has 0 bridgehead atoms. The summed E-state index contributed by atoms with van der Waals surface area (Å²) in [5.74, 6) is -0.257. The number of thioether (sulfide) groups is 1. The molecule has 1 heterocycles. The minimum Gasteiger partial charge on any atom is -0.468 e. The van der Waals surface area contributed by atoms with Gasteiger partial charge in [0.05, 0.1) is 7.11 Å². The van der Waals surface area contributed by atoms with E-state index in [1.807, 2.05) is 19.9 Å². The summed E-state index contributed by atoms with van der Waals surface area (Å²) in [6, 6.07) is 1.86. The Morgan fingerprint density at radius 3 is 2.84 bits per heavy atom. The molecule has 0 aliphatic carbocycles. The van der Waals surface area contributed by atoms with Gasteiger partial charge in [0.2, 0.25) is 0 Å². The molecule has 0 radical (unpaired) electrons. The van der Waals surface area contributed by atoms with E-state index in [4.69, 9.17) is 4.74 Å². The molecule has 0 aliphatic heterocycles. The van der Waals surface area contributed by atoms with Crippen LogP contribution in [0.15, 0.2) is 17.4 Å². The molecule has 0 saturated carbocycles. The molecule has 2 unspecified atom stereocenters. The Labute approximate surface area is 118 Å². The van der Waals surface area contributed by atoms with Gasteiger partial charge < -0.3 is 10.1 Å². The number of carbonyl (C=O) groups excluding carboxylic acids is 1. The SMILES string of the molecule is CNC(C)(CC(C)Sc1nccc(C)n1)C(=O)OC. The lowest BCUT2D eigenvalue weighted by atomic mass is 9.96. The first-order valence-electron chi connectivity index (χ1n) is 6.15. The van der Waals surface area contributed by atoms with Crippen LogP contribution in [-0.4, -0.2) is 40.9 Å². The summed E-state index contributed by atoms with van der Waals surface area (Å²) in [4.78, 5) is 20.3. The number of nitrogens with zero attached hydrogens (tertiary/aromatic N) is 2. The minimum atomic E-state index is -0.689. The fourth-order valence-corrected chi connectivity index (χ4v) is 2.89. The van der Waals surface area contributed by atoms with Gasteiger partial charge in [-0.1, -0.05) is 18.7 Å². The predicted octanol–water partition coefficient (Wildman–Crippen LogP) is 1.81. The fourth-order valence-electron chi connectivity index (χ4n) is 1.79. The van der Waals surface area contributed by atoms with E-state index in [1.54, 1.807) is 25.0 Å². The van der Waals surface area contributed by atoms with Crippen LogP contribution in [0.4, 0.5) is 0 Å². The topological polar surface area (TPSA) is 64.1 Å². The van der Waals surface area contributed by atoms with Gasteiger partial charge in [-0.3, -0.25) is 4.79 Å². The first-order chi connectivity index (χ1) is 8.91. The largest absolute Gasteiger partial charge is 0.468 e. The Morgan fingerprint density at radius 2 is 2.32 bits per heavy atom. The zero-order chi connectivity index (χ0) is 14.5. The molecular weight excluding hydrogens is 262 g/mol. The highest BCUT2D eigenvalue weighted by Crippen LogP contribution is 2.26. The molecule has 5 nitrogen and oxygen atoms in total. The first kappa shape index (κ1) is 15.9. The van der Waals surface area contributed by atoms with E-state index in [0.29, 0.717) is 6.42 Å². The van der Waals surface area contributed by atoms with E-state index < -0.39 is 5.54 Å². The molecule has 1 rings (SSSR count). The zero-order valence-corrected chi connectivity index (χ0v) is 12.9. The summed E-state index contributed by atoms with van der Waals surface area (Å²) in [7, 11) is 3.16. The quantitative estimate of drug-likeness (QED) is 0.488. The Balaban J connectivity index is 2.68. The van der Waals surface area contributed by atoms with Crippen molar-refractivity contribution in [2.75, 3.05) is 14.2 Å². The van der Waals surface area contributed by atoms with Crippen molar-refractivity contribution in [2.45, 2.75) is 43.1 Å². The van der Waals surface area contributed by atoms with Crippen LogP contribution >= 0.6 is 11.8 Å². The number of aromatic nitrogens is 2. The van der Waals surface area contributed by atoms with Crippen molar-refractivity contribution in [1.82, 2.24) is 15.3 Å². The van der Waals surface area contributed by atoms with Crippen LogP contribution in [0.1, 0.15) is 26.0 Å². The van der Waals surface area contributed by atoms with Crippen LogP contribution < -0.4 is 5.32 Å². The van der Waals surface area contributed by atoms with Crippen LogP contribution in [-0.2, 0) is 9.53 Å². The average molecular weight is 283 g/mol. The molecule has 1 aromatic heterocycles. The maximum atomic E-state index is 11.8. The summed E-state index contributed by atoms with van der Waals surface area (Å²) in [6.45, 7) is 5.82. The molecule has 0 fully saturated rings. The highest BCUT2D eigenvalue weighted by molar-refractivity contribution is 7.99. The molecule has 0 aliphatic rings. The van der Waals surface area contributed by atoms with Gasteiger partial charge in [-0.05, 0) is 33.4 Å². The van der Waals surface area contributed by atoms with Crippen LogP contribution in [0.3, 0.4) is 0 Å². The highest BCUT2D eigenvalue weighted by atomic mass is 32.2. The van der Waals surface area contributed by atoms with E-state index in [1.165, 1.54) is 7.11 Å². The standard InChI is InChI=1S/C13H21N3O2S/c1-9-6-7-15-12(16-9)19-10(2)8-13(3,14-4)11(17)18-5/h6-7,10,14H,8H2,1-5H3. The molecule has 6 heteroatoms. The van der Waals surface area contributed by atoms with Crippen LogP contribution in [0.25, 0.3) is 0 Å².